The molecule has 1 heterocycles. The third-order valence-corrected chi connectivity index (χ3v) is 2.97. The van der Waals surface area contributed by atoms with Crippen LogP contribution < -0.4 is 5.32 Å². The highest BCUT2D eigenvalue weighted by Crippen LogP contribution is 2.16. The Hall–Kier alpha value is -0.650. The summed E-state index contributed by atoms with van der Waals surface area (Å²) in [5.74, 6) is -0.0197. The molecule has 2 N–H and O–H groups in total. The Morgan fingerprint density at radius 3 is 2.82 bits per heavy atom. The summed E-state index contributed by atoms with van der Waals surface area (Å²) < 4.78 is 5.23. The van der Waals surface area contributed by atoms with Gasteiger partial charge in [0.2, 0.25) is 5.91 Å². The van der Waals surface area contributed by atoms with E-state index in [1.165, 1.54) is 6.92 Å². The topological polar surface area (TPSA) is 61.8 Å². The molecule has 100 valence electrons. The SMILES string of the molecule is CC(=O)NC(C)(C)CN1CCOC(O)CC1C. The Balaban J connectivity index is 2.56. The van der Waals surface area contributed by atoms with Gasteiger partial charge in [0.25, 0.3) is 0 Å². The zero-order chi connectivity index (χ0) is 13.1. The van der Waals surface area contributed by atoms with Crippen LogP contribution in [0.25, 0.3) is 0 Å². The predicted molar refractivity (Wildman–Crippen MR) is 65.5 cm³/mol. The third-order valence-electron chi connectivity index (χ3n) is 2.97. The van der Waals surface area contributed by atoms with Crippen molar-refractivity contribution in [2.24, 2.45) is 0 Å². The molecule has 1 aliphatic heterocycles. The number of ether oxygens (including phenoxy) is 1. The van der Waals surface area contributed by atoms with Crippen molar-refractivity contribution in [1.82, 2.24) is 10.2 Å². The van der Waals surface area contributed by atoms with E-state index in [0.29, 0.717) is 13.0 Å². The Labute approximate surface area is 103 Å². The number of nitrogens with one attached hydrogen (secondary N) is 1. The van der Waals surface area contributed by atoms with Gasteiger partial charge in [0.1, 0.15) is 0 Å². The first kappa shape index (κ1) is 14.4. The standard InChI is InChI=1S/C12H24N2O3/c1-9-7-11(16)17-6-5-14(9)8-12(3,4)13-10(2)15/h9,11,16H,5-8H2,1-4H3,(H,13,15). The summed E-state index contributed by atoms with van der Waals surface area (Å²) in [5, 5.41) is 12.4. The molecule has 0 spiro atoms. The maximum atomic E-state index is 11.1. The normalized spacial score (nSPS) is 27.6. The lowest BCUT2D eigenvalue weighted by atomic mass is 10.0. The fraction of sp³-hybridized carbons (Fsp3) is 0.917. The van der Waals surface area contributed by atoms with Gasteiger partial charge in [-0.05, 0) is 20.8 Å². The van der Waals surface area contributed by atoms with E-state index in [0.717, 1.165) is 13.1 Å². The molecule has 2 atom stereocenters. The van der Waals surface area contributed by atoms with Crippen LogP contribution >= 0.6 is 0 Å². The maximum absolute atomic E-state index is 11.1. The molecular formula is C12H24N2O3. The second-order valence-corrected chi connectivity index (χ2v) is 5.45. The molecule has 5 heteroatoms. The number of nitrogens with zero attached hydrogens (tertiary/aromatic N) is 1. The maximum Gasteiger partial charge on any atom is 0.217 e. The molecule has 1 aliphatic rings. The highest BCUT2D eigenvalue weighted by Gasteiger charge is 2.28. The van der Waals surface area contributed by atoms with Gasteiger partial charge in [-0.3, -0.25) is 9.69 Å². The average Bonchev–Trinajstić information content (AvgIpc) is 2.26. The van der Waals surface area contributed by atoms with E-state index < -0.39 is 6.29 Å². The van der Waals surface area contributed by atoms with E-state index in [9.17, 15) is 9.90 Å². The molecule has 0 aromatic heterocycles. The molecular weight excluding hydrogens is 220 g/mol. The molecule has 0 radical (unpaired) electrons. The van der Waals surface area contributed by atoms with Crippen LogP contribution in [0, 0.1) is 0 Å². The van der Waals surface area contributed by atoms with Gasteiger partial charge in [0, 0.05) is 38.0 Å². The van der Waals surface area contributed by atoms with Crippen LogP contribution in [-0.4, -0.2) is 53.5 Å². The van der Waals surface area contributed by atoms with Crippen LogP contribution in [0.15, 0.2) is 0 Å². The Bertz CT molecular complexity index is 268. The molecule has 2 unspecified atom stereocenters. The van der Waals surface area contributed by atoms with Crippen LogP contribution in [0.2, 0.25) is 0 Å². The molecule has 1 saturated heterocycles. The summed E-state index contributed by atoms with van der Waals surface area (Å²) in [4.78, 5) is 13.4. The van der Waals surface area contributed by atoms with E-state index in [1.807, 2.05) is 13.8 Å². The lowest BCUT2D eigenvalue weighted by molar-refractivity contribution is -0.120. The number of hydrogen-bond acceptors (Lipinski definition) is 4. The summed E-state index contributed by atoms with van der Waals surface area (Å²) in [6.45, 7) is 9.67. The Morgan fingerprint density at radius 2 is 2.24 bits per heavy atom. The second-order valence-electron chi connectivity index (χ2n) is 5.45. The summed E-state index contributed by atoms with van der Waals surface area (Å²) in [6.07, 6.45) is -0.0604. The molecule has 5 nitrogen and oxygen atoms in total. The number of aliphatic hydroxyl groups excluding tert-OH is 1. The Morgan fingerprint density at radius 1 is 1.59 bits per heavy atom. The summed E-state index contributed by atoms with van der Waals surface area (Å²) >= 11 is 0. The monoisotopic (exact) mass is 244 g/mol. The zero-order valence-electron chi connectivity index (χ0n) is 11.2. The fourth-order valence-electron chi connectivity index (χ4n) is 2.29. The van der Waals surface area contributed by atoms with Crippen molar-refractivity contribution >= 4 is 5.91 Å². The van der Waals surface area contributed by atoms with E-state index in [2.05, 4.69) is 17.1 Å². The molecule has 17 heavy (non-hydrogen) atoms. The number of hydrogen-bond donors (Lipinski definition) is 2. The molecule has 0 bridgehead atoms. The average molecular weight is 244 g/mol. The smallest absolute Gasteiger partial charge is 0.217 e. The molecule has 0 saturated carbocycles. The van der Waals surface area contributed by atoms with Crippen molar-refractivity contribution in [3.8, 4) is 0 Å². The van der Waals surface area contributed by atoms with Gasteiger partial charge in [-0.25, -0.2) is 0 Å². The van der Waals surface area contributed by atoms with Crippen molar-refractivity contribution in [2.45, 2.75) is 52.0 Å². The van der Waals surface area contributed by atoms with E-state index in [1.54, 1.807) is 0 Å². The van der Waals surface area contributed by atoms with Gasteiger partial charge in [-0.15, -0.1) is 0 Å². The van der Waals surface area contributed by atoms with Crippen LogP contribution in [0.1, 0.15) is 34.1 Å². The highest BCUT2D eigenvalue weighted by molar-refractivity contribution is 5.73. The van der Waals surface area contributed by atoms with Crippen LogP contribution in [0.5, 0.6) is 0 Å². The van der Waals surface area contributed by atoms with Crippen molar-refractivity contribution in [3.05, 3.63) is 0 Å². The van der Waals surface area contributed by atoms with Gasteiger partial charge < -0.3 is 15.2 Å². The fourth-order valence-corrected chi connectivity index (χ4v) is 2.29. The van der Waals surface area contributed by atoms with Crippen molar-refractivity contribution < 1.29 is 14.6 Å². The lowest BCUT2D eigenvalue weighted by Gasteiger charge is -2.35. The van der Waals surface area contributed by atoms with E-state index in [4.69, 9.17) is 4.74 Å². The minimum absolute atomic E-state index is 0.0197. The highest BCUT2D eigenvalue weighted by atomic mass is 16.6. The van der Waals surface area contributed by atoms with Crippen LogP contribution in [-0.2, 0) is 9.53 Å². The molecule has 1 fully saturated rings. The molecule has 0 aromatic carbocycles. The number of carbonyl (C=O) groups is 1. The third kappa shape index (κ3) is 5.02. The number of aliphatic hydroxyl groups is 1. The zero-order valence-corrected chi connectivity index (χ0v) is 11.2. The molecule has 1 rings (SSSR count). The quantitative estimate of drug-likeness (QED) is 0.751. The van der Waals surface area contributed by atoms with Gasteiger partial charge in [-0.1, -0.05) is 0 Å². The Kier molecular flexibility index (Phi) is 4.91. The predicted octanol–water partition coefficient (Wildman–Crippen LogP) is 0.330. The molecule has 0 aliphatic carbocycles. The number of amides is 1. The first-order valence-electron chi connectivity index (χ1n) is 6.12. The van der Waals surface area contributed by atoms with Gasteiger partial charge >= 0.3 is 0 Å². The minimum atomic E-state index is -0.668. The molecule has 1 amide bonds. The summed E-state index contributed by atoms with van der Waals surface area (Å²) in [7, 11) is 0. The number of rotatable bonds is 3. The molecule has 0 aromatic rings. The largest absolute Gasteiger partial charge is 0.368 e. The number of carbonyl (C=O) groups excluding carboxylic acids is 1. The van der Waals surface area contributed by atoms with Crippen LogP contribution in [0.3, 0.4) is 0 Å². The van der Waals surface area contributed by atoms with Crippen molar-refractivity contribution in [3.63, 3.8) is 0 Å². The van der Waals surface area contributed by atoms with Crippen molar-refractivity contribution in [1.29, 1.82) is 0 Å². The van der Waals surface area contributed by atoms with Crippen molar-refractivity contribution in [2.75, 3.05) is 19.7 Å². The van der Waals surface area contributed by atoms with E-state index in [-0.39, 0.29) is 17.5 Å². The second kappa shape index (κ2) is 5.80. The summed E-state index contributed by atoms with van der Waals surface area (Å²) in [5.41, 5.74) is -0.268. The van der Waals surface area contributed by atoms with Gasteiger partial charge in [0.05, 0.1) is 6.61 Å². The van der Waals surface area contributed by atoms with Gasteiger partial charge in [0.15, 0.2) is 6.29 Å². The van der Waals surface area contributed by atoms with Crippen LogP contribution in [0.4, 0.5) is 0 Å². The van der Waals surface area contributed by atoms with E-state index >= 15 is 0 Å². The summed E-state index contributed by atoms with van der Waals surface area (Å²) in [6, 6.07) is 0.250. The first-order valence-corrected chi connectivity index (χ1v) is 6.12. The lowest BCUT2D eigenvalue weighted by Crippen LogP contribution is -2.53. The first-order chi connectivity index (χ1) is 7.80. The van der Waals surface area contributed by atoms with Gasteiger partial charge in [-0.2, -0.15) is 0 Å². The minimum Gasteiger partial charge on any atom is -0.368 e.